The second kappa shape index (κ2) is 9.10. The van der Waals surface area contributed by atoms with E-state index in [1.54, 1.807) is 26.0 Å². The van der Waals surface area contributed by atoms with Crippen molar-refractivity contribution in [2.45, 2.75) is 17.5 Å². The molecule has 0 unspecified atom stereocenters. The molecule has 27 heavy (non-hydrogen) atoms. The van der Waals surface area contributed by atoms with Crippen LogP contribution in [0.2, 0.25) is 0 Å². The van der Waals surface area contributed by atoms with Crippen molar-refractivity contribution in [2.24, 2.45) is 0 Å². The first-order chi connectivity index (χ1) is 13.1. The molecule has 3 rings (SSSR count). The van der Waals surface area contributed by atoms with Crippen LogP contribution in [0.3, 0.4) is 0 Å². The van der Waals surface area contributed by atoms with Crippen LogP contribution in [0.5, 0.6) is 11.5 Å². The quantitative estimate of drug-likeness (QED) is 0.352. The Balaban J connectivity index is 1.91. The minimum Gasteiger partial charge on any atom is -0.497 e. The van der Waals surface area contributed by atoms with Crippen LogP contribution in [0.1, 0.15) is 5.56 Å². The fourth-order valence-corrected chi connectivity index (χ4v) is 3.74. The Labute approximate surface area is 171 Å². The van der Waals surface area contributed by atoms with Gasteiger partial charge in [-0.2, -0.15) is 0 Å². The van der Waals surface area contributed by atoms with Crippen LogP contribution in [0, 0.1) is 0 Å². The number of hydrogen-bond acceptors (Lipinski definition) is 5. The molecule has 140 valence electrons. The highest BCUT2D eigenvalue weighted by molar-refractivity contribution is 9.10. The van der Waals surface area contributed by atoms with Gasteiger partial charge in [0.2, 0.25) is 0 Å². The minimum absolute atomic E-state index is 0.616. The number of aromatic nitrogens is 3. The molecule has 0 aliphatic carbocycles. The maximum atomic E-state index is 5.37. The van der Waals surface area contributed by atoms with Crippen molar-refractivity contribution in [3.8, 4) is 22.9 Å². The van der Waals surface area contributed by atoms with Crippen LogP contribution in [-0.4, -0.2) is 29.0 Å². The summed E-state index contributed by atoms with van der Waals surface area (Å²) in [7, 11) is 3.26. The van der Waals surface area contributed by atoms with E-state index >= 15 is 0 Å². The molecule has 0 aliphatic heterocycles. The summed E-state index contributed by atoms with van der Waals surface area (Å²) in [5.41, 5.74) is 2.11. The molecule has 0 atom stereocenters. The highest BCUT2D eigenvalue weighted by Crippen LogP contribution is 2.31. The summed E-state index contributed by atoms with van der Waals surface area (Å²) < 4.78 is 13.9. The molecule has 0 N–H and O–H groups in total. The van der Waals surface area contributed by atoms with Crippen molar-refractivity contribution < 1.29 is 9.47 Å². The number of halogens is 1. The lowest BCUT2D eigenvalue weighted by Gasteiger charge is -2.10. The summed E-state index contributed by atoms with van der Waals surface area (Å²) in [6.07, 6.45) is 1.84. The van der Waals surface area contributed by atoms with Crippen LogP contribution in [0.4, 0.5) is 0 Å². The average Bonchev–Trinajstić information content (AvgIpc) is 3.10. The predicted molar refractivity (Wildman–Crippen MR) is 112 cm³/mol. The van der Waals surface area contributed by atoms with E-state index in [1.807, 2.05) is 41.0 Å². The highest BCUT2D eigenvalue weighted by atomic mass is 79.9. The number of allylic oxidation sites excluding steroid dienone is 1. The zero-order chi connectivity index (χ0) is 19.2. The molecular weight excluding hydrogens is 426 g/mol. The van der Waals surface area contributed by atoms with Gasteiger partial charge >= 0.3 is 0 Å². The molecule has 5 nitrogen and oxygen atoms in total. The van der Waals surface area contributed by atoms with Gasteiger partial charge in [0.1, 0.15) is 11.5 Å². The third-order valence-electron chi connectivity index (χ3n) is 3.92. The molecule has 0 radical (unpaired) electrons. The van der Waals surface area contributed by atoms with Crippen LogP contribution in [0.15, 0.2) is 64.7 Å². The number of nitrogens with zero attached hydrogens (tertiary/aromatic N) is 3. The summed E-state index contributed by atoms with van der Waals surface area (Å²) in [4.78, 5) is 0. The number of benzene rings is 2. The molecule has 0 spiro atoms. The van der Waals surface area contributed by atoms with Gasteiger partial charge in [0.05, 0.1) is 14.2 Å². The van der Waals surface area contributed by atoms with Gasteiger partial charge in [0, 0.05) is 28.4 Å². The standard InChI is InChI=1S/C20H20BrN3O2S/c1-4-9-24-19(15-10-17(25-2)12-18(11-15)26-3)22-23-20(24)27-13-14-5-7-16(21)8-6-14/h4-8,10-12H,1,9,13H2,2-3H3. The predicted octanol–water partition coefficient (Wildman–Crippen LogP) is 5.20. The molecule has 0 fully saturated rings. The lowest BCUT2D eigenvalue weighted by molar-refractivity contribution is 0.394. The molecule has 0 amide bonds. The molecule has 0 bridgehead atoms. The highest BCUT2D eigenvalue weighted by Gasteiger charge is 2.15. The number of methoxy groups -OCH3 is 2. The summed E-state index contributed by atoms with van der Waals surface area (Å²) in [6, 6.07) is 14.0. The largest absolute Gasteiger partial charge is 0.497 e. The maximum Gasteiger partial charge on any atom is 0.192 e. The summed E-state index contributed by atoms with van der Waals surface area (Å²) in [6.45, 7) is 4.48. The molecule has 2 aromatic carbocycles. The lowest BCUT2D eigenvalue weighted by Crippen LogP contribution is -2.01. The van der Waals surface area contributed by atoms with Gasteiger partial charge in [0.25, 0.3) is 0 Å². The van der Waals surface area contributed by atoms with Crippen LogP contribution < -0.4 is 9.47 Å². The molecular formula is C20H20BrN3O2S. The topological polar surface area (TPSA) is 49.2 Å². The van der Waals surface area contributed by atoms with E-state index in [4.69, 9.17) is 9.47 Å². The lowest BCUT2D eigenvalue weighted by atomic mass is 10.2. The molecule has 0 aliphatic rings. The molecule has 1 aromatic heterocycles. The van der Waals surface area contributed by atoms with Crippen molar-refractivity contribution in [1.29, 1.82) is 0 Å². The van der Waals surface area contributed by atoms with Crippen molar-refractivity contribution in [3.05, 3.63) is 65.2 Å². The first-order valence-corrected chi connectivity index (χ1v) is 10.1. The van der Waals surface area contributed by atoms with Crippen molar-refractivity contribution in [2.75, 3.05) is 14.2 Å². The van der Waals surface area contributed by atoms with E-state index < -0.39 is 0 Å². The number of thioether (sulfide) groups is 1. The maximum absolute atomic E-state index is 5.37. The van der Waals surface area contributed by atoms with Gasteiger partial charge in [-0.1, -0.05) is 45.9 Å². The molecule has 3 aromatic rings. The number of ether oxygens (including phenoxy) is 2. The smallest absolute Gasteiger partial charge is 0.192 e. The van der Waals surface area contributed by atoms with Gasteiger partial charge in [-0.15, -0.1) is 16.8 Å². The van der Waals surface area contributed by atoms with Crippen LogP contribution in [-0.2, 0) is 12.3 Å². The monoisotopic (exact) mass is 445 g/mol. The number of hydrogen-bond donors (Lipinski definition) is 0. The van der Waals surface area contributed by atoms with Crippen molar-refractivity contribution in [3.63, 3.8) is 0 Å². The Morgan fingerprint density at radius 2 is 1.74 bits per heavy atom. The van der Waals surface area contributed by atoms with E-state index in [9.17, 15) is 0 Å². The van der Waals surface area contributed by atoms with E-state index in [2.05, 4.69) is 44.8 Å². The van der Waals surface area contributed by atoms with E-state index in [0.29, 0.717) is 18.0 Å². The zero-order valence-electron chi connectivity index (χ0n) is 15.2. The Bertz CT molecular complexity index is 903. The van der Waals surface area contributed by atoms with Crippen LogP contribution >= 0.6 is 27.7 Å². The van der Waals surface area contributed by atoms with Crippen molar-refractivity contribution >= 4 is 27.7 Å². The third kappa shape index (κ3) is 4.73. The third-order valence-corrected chi connectivity index (χ3v) is 5.49. The SMILES string of the molecule is C=CCn1c(SCc2ccc(Br)cc2)nnc1-c1cc(OC)cc(OC)c1. The Kier molecular flexibility index (Phi) is 6.58. The second-order valence-electron chi connectivity index (χ2n) is 5.72. The first-order valence-electron chi connectivity index (χ1n) is 8.29. The molecule has 1 heterocycles. The summed E-state index contributed by atoms with van der Waals surface area (Å²) in [5, 5.41) is 9.64. The molecule has 0 saturated carbocycles. The van der Waals surface area contributed by atoms with Crippen molar-refractivity contribution in [1.82, 2.24) is 14.8 Å². The van der Waals surface area contributed by atoms with Crippen LogP contribution in [0.25, 0.3) is 11.4 Å². The minimum atomic E-state index is 0.616. The zero-order valence-corrected chi connectivity index (χ0v) is 17.6. The summed E-state index contributed by atoms with van der Waals surface area (Å²) in [5.74, 6) is 2.98. The summed E-state index contributed by atoms with van der Waals surface area (Å²) >= 11 is 5.11. The Morgan fingerprint density at radius 3 is 2.33 bits per heavy atom. The number of rotatable bonds is 8. The fourth-order valence-electron chi connectivity index (χ4n) is 2.57. The van der Waals surface area contributed by atoms with Gasteiger partial charge < -0.3 is 9.47 Å². The van der Waals surface area contributed by atoms with E-state index in [1.165, 1.54) is 5.56 Å². The van der Waals surface area contributed by atoms with Gasteiger partial charge in [-0.3, -0.25) is 4.57 Å². The van der Waals surface area contributed by atoms with E-state index in [0.717, 1.165) is 26.8 Å². The van der Waals surface area contributed by atoms with Gasteiger partial charge in [-0.25, -0.2) is 0 Å². The molecule has 7 heteroatoms. The van der Waals surface area contributed by atoms with E-state index in [-0.39, 0.29) is 0 Å². The fraction of sp³-hybridized carbons (Fsp3) is 0.200. The second-order valence-corrected chi connectivity index (χ2v) is 7.58. The first kappa shape index (κ1) is 19.5. The average molecular weight is 446 g/mol. The Morgan fingerprint density at radius 1 is 1.07 bits per heavy atom. The van der Waals surface area contributed by atoms with Gasteiger partial charge in [-0.05, 0) is 29.8 Å². The normalized spacial score (nSPS) is 10.6. The van der Waals surface area contributed by atoms with Gasteiger partial charge in [0.15, 0.2) is 11.0 Å². The molecule has 0 saturated heterocycles. The Hall–Kier alpha value is -2.25.